The van der Waals surface area contributed by atoms with Crippen molar-refractivity contribution in [2.45, 2.75) is 0 Å². The van der Waals surface area contributed by atoms with Crippen LogP contribution in [0.5, 0.6) is 17.2 Å². The van der Waals surface area contributed by atoms with Crippen LogP contribution in [0.2, 0.25) is 0 Å². The summed E-state index contributed by atoms with van der Waals surface area (Å²) in [6, 6.07) is 15.5. The van der Waals surface area contributed by atoms with Crippen molar-refractivity contribution in [3.63, 3.8) is 0 Å². The molecular formula is C26H19BBrF2N4O4. The fraction of sp³-hybridized carbons (Fsp3) is 0. The zero-order chi connectivity index (χ0) is 27.1. The summed E-state index contributed by atoms with van der Waals surface area (Å²) in [7, 11) is 0.590. The zero-order valence-corrected chi connectivity index (χ0v) is 21.1. The number of pyridine rings is 2. The van der Waals surface area contributed by atoms with Crippen LogP contribution in [0.1, 0.15) is 0 Å². The van der Waals surface area contributed by atoms with Gasteiger partial charge in [-0.2, -0.15) is 0 Å². The molecule has 0 bridgehead atoms. The molecule has 0 amide bonds. The van der Waals surface area contributed by atoms with Crippen molar-refractivity contribution in [3.8, 4) is 28.4 Å². The molecule has 38 heavy (non-hydrogen) atoms. The van der Waals surface area contributed by atoms with Crippen molar-refractivity contribution in [3.05, 3.63) is 114 Å². The van der Waals surface area contributed by atoms with E-state index >= 15 is 0 Å². The number of phenols is 2. The Morgan fingerprint density at radius 1 is 0.737 bits per heavy atom. The smallest absolute Gasteiger partial charge is 0.537 e. The number of fused-ring (bicyclic) bond motifs is 2. The second kappa shape index (κ2) is 12.2. The average molecular weight is 580 g/mol. The molecule has 0 aliphatic carbocycles. The highest BCUT2D eigenvalue weighted by atomic mass is 79.9. The second-order valence-electron chi connectivity index (χ2n) is 7.72. The fourth-order valence-corrected chi connectivity index (χ4v) is 3.77. The van der Waals surface area contributed by atoms with Gasteiger partial charge in [-0.15, -0.1) is 0 Å². The van der Waals surface area contributed by atoms with Gasteiger partial charge in [0.05, 0.1) is 25.0 Å². The number of halogens is 3. The zero-order valence-electron chi connectivity index (χ0n) is 19.5. The fourth-order valence-electron chi connectivity index (χ4n) is 3.35. The predicted molar refractivity (Wildman–Crippen MR) is 142 cm³/mol. The number of rotatable bonds is 3. The van der Waals surface area contributed by atoms with Crippen LogP contribution >= 0.6 is 15.9 Å². The lowest BCUT2D eigenvalue weighted by atomic mass is 10.1. The quantitative estimate of drug-likeness (QED) is 0.243. The van der Waals surface area contributed by atoms with E-state index in [0.717, 1.165) is 11.1 Å². The maximum Gasteiger partial charge on any atom is 0.569 e. The van der Waals surface area contributed by atoms with Gasteiger partial charge in [-0.05, 0) is 70.0 Å². The third kappa shape index (κ3) is 6.66. The summed E-state index contributed by atoms with van der Waals surface area (Å²) >= 11 is 3.18. The molecule has 8 nitrogen and oxygen atoms in total. The molecule has 4 aromatic heterocycles. The molecule has 0 unspecified atom stereocenters. The normalized spacial score (nSPS) is 10.3. The molecule has 0 fully saturated rings. The summed E-state index contributed by atoms with van der Waals surface area (Å²) < 4.78 is 35.3. The molecule has 3 N–H and O–H groups in total. The van der Waals surface area contributed by atoms with Gasteiger partial charge in [0.1, 0.15) is 39.9 Å². The van der Waals surface area contributed by atoms with Crippen LogP contribution in [0, 0.1) is 11.6 Å². The minimum absolute atomic E-state index is 0.172. The van der Waals surface area contributed by atoms with Crippen molar-refractivity contribution in [2.24, 2.45) is 0 Å². The van der Waals surface area contributed by atoms with Gasteiger partial charge in [0.15, 0.2) is 0 Å². The van der Waals surface area contributed by atoms with Crippen molar-refractivity contribution in [1.29, 1.82) is 0 Å². The lowest BCUT2D eigenvalue weighted by Crippen LogP contribution is -1.98. The van der Waals surface area contributed by atoms with Crippen LogP contribution in [0.4, 0.5) is 8.78 Å². The number of aromatic hydroxyl groups is 2. The lowest BCUT2D eigenvalue weighted by Gasteiger charge is -2.04. The highest BCUT2D eigenvalue weighted by Gasteiger charge is 2.06. The van der Waals surface area contributed by atoms with Crippen molar-refractivity contribution in [2.75, 3.05) is 0 Å². The monoisotopic (exact) mass is 579 g/mol. The summed E-state index contributed by atoms with van der Waals surface area (Å²) in [5, 5.41) is 26.2. The van der Waals surface area contributed by atoms with Gasteiger partial charge in [0, 0.05) is 22.4 Å². The standard InChI is InChI=1S/C13H9FN2O.C7H4BrFN2.C6H6BO3/c14-12-5-10(7-16-8-15-6-13(12)16)9-1-3-11(17)4-2-9;8-5-1-6(9)7-2-10-4-11(7)3-5;8-5-1-3-6(4-2-5)10-7-9/h1-8,17H;1-4H;1-4,8-9H. The Kier molecular flexibility index (Phi) is 8.56. The van der Waals surface area contributed by atoms with Gasteiger partial charge in [-0.25, -0.2) is 18.7 Å². The number of nitrogens with zero attached hydrogens (tertiary/aromatic N) is 4. The van der Waals surface area contributed by atoms with Gasteiger partial charge in [0.25, 0.3) is 0 Å². The Morgan fingerprint density at radius 2 is 1.26 bits per heavy atom. The van der Waals surface area contributed by atoms with Crippen LogP contribution in [0.3, 0.4) is 0 Å². The molecule has 1 radical (unpaired) electrons. The highest BCUT2D eigenvalue weighted by Crippen LogP contribution is 2.24. The van der Waals surface area contributed by atoms with E-state index in [1.54, 1.807) is 70.2 Å². The van der Waals surface area contributed by atoms with Crippen molar-refractivity contribution in [1.82, 2.24) is 18.8 Å². The number of hydrogen-bond acceptors (Lipinski definition) is 6. The summed E-state index contributed by atoms with van der Waals surface area (Å²) in [5.74, 6) is 0.272. The number of imidazole rings is 2. The average Bonchev–Trinajstić information content (AvgIpc) is 3.57. The Balaban J connectivity index is 0.000000140. The summed E-state index contributed by atoms with van der Waals surface area (Å²) in [5.41, 5.74) is 2.53. The molecule has 0 aliphatic heterocycles. The maximum atomic E-state index is 13.7. The van der Waals surface area contributed by atoms with E-state index in [1.165, 1.54) is 36.7 Å². The van der Waals surface area contributed by atoms with Crippen LogP contribution < -0.4 is 4.65 Å². The molecule has 12 heteroatoms. The van der Waals surface area contributed by atoms with Crippen LogP contribution in [-0.4, -0.2) is 41.7 Å². The summed E-state index contributed by atoms with van der Waals surface area (Å²) in [4.78, 5) is 7.70. The van der Waals surface area contributed by atoms with Gasteiger partial charge >= 0.3 is 7.69 Å². The molecule has 2 aromatic carbocycles. The minimum atomic E-state index is -0.312. The first-order valence-corrected chi connectivity index (χ1v) is 11.7. The Morgan fingerprint density at radius 3 is 1.84 bits per heavy atom. The highest BCUT2D eigenvalue weighted by molar-refractivity contribution is 9.10. The third-order valence-electron chi connectivity index (χ3n) is 5.14. The van der Waals surface area contributed by atoms with Gasteiger partial charge in [0.2, 0.25) is 0 Å². The summed E-state index contributed by atoms with van der Waals surface area (Å²) in [6.07, 6.45) is 9.65. The van der Waals surface area contributed by atoms with Crippen LogP contribution in [0.25, 0.3) is 22.2 Å². The van der Waals surface area contributed by atoms with Gasteiger partial charge < -0.3 is 28.7 Å². The maximum absolute atomic E-state index is 13.7. The van der Waals surface area contributed by atoms with E-state index in [2.05, 4.69) is 30.6 Å². The van der Waals surface area contributed by atoms with E-state index in [-0.39, 0.29) is 23.1 Å². The van der Waals surface area contributed by atoms with E-state index in [9.17, 15) is 13.9 Å². The van der Waals surface area contributed by atoms with E-state index in [1.807, 2.05) is 0 Å². The Hall–Kier alpha value is -4.42. The topological polar surface area (TPSA) is 105 Å². The predicted octanol–water partition coefficient (Wildman–Crippen LogP) is 5.38. The van der Waals surface area contributed by atoms with Crippen molar-refractivity contribution < 1.29 is 28.7 Å². The Labute approximate surface area is 224 Å². The molecule has 0 saturated heterocycles. The molecule has 191 valence electrons. The lowest BCUT2D eigenvalue weighted by molar-refractivity contribution is 0.449. The van der Waals surface area contributed by atoms with Crippen LogP contribution in [0.15, 0.2) is 103 Å². The first kappa shape index (κ1) is 26.6. The van der Waals surface area contributed by atoms with Gasteiger partial charge in [-0.1, -0.05) is 12.1 Å². The van der Waals surface area contributed by atoms with Crippen LogP contribution in [-0.2, 0) is 0 Å². The molecule has 0 aliphatic rings. The molecule has 6 rings (SSSR count). The molecule has 0 atom stereocenters. The summed E-state index contributed by atoms with van der Waals surface area (Å²) in [6.45, 7) is 0. The molecule has 4 heterocycles. The molecule has 0 spiro atoms. The van der Waals surface area contributed by atoms with E-state index in [0.29, 0.717) is 28.9 Å². The third-order valence-corrected chi connectivity index (χ3v) is 5.57. The SMILES string of the molecule is Fc1cc(Br)cn2cncc12.O[B]Oc1ccc(O)cc1.Oc1ccc(-c2cc(F)c3cncn3c2)cc1. The number of phenolic OH excluding ortho intramolecular Hbond substituents is 2. The molecular weight excluding hydrogens is 561 g/mol. The Bertz CT molecular complexity index is 1640. The van der Waals surface area contributed by atoms with E-state index < -0.39 is 0 Å². The number of benzene rings is 2. The van der Waals surface area contributed by atoms with Crippen molar-refractivity contribution >= 4 is 34.6 Å². The first-order chi connectivity index (χ1) is 18.3. The minimum Gasteiger partial charge on any atom is -0.537 e. The van der Waals surface area contributed by atoms with Gasteiger partial charge in [-0.3, -0.25) is 0 Å². The molecule has 6 aromatic rings. The first-order valence-electron chi connectivity index (χ1n) is 10.9. The molecule has 0 saturated carbocycles. The second-order valence-corrected chi connectivity index (χ2v) is 8.63. The largest absolute Gasteiger partial charge is 0.569 e. The number of hydrogen-bond donors (Lipinski definition) is 3. The van der Waals surface area contributed by atoms with E-state index in [4.69, 9.17) is 10.1 Å². The number of aromatic nitrogens is 4.